The number of ether oxygens (including phenoxy) is 1. The van der Waals surface area contributed by atoms with Crippen LogP contribution in [-0.2, 0) is 9.53 Å². The smallest absolute Gasteiger partial charge is 0.339 e. The average Bonchev–Trinajstić information content (AvgIpc) is 2.64. The van der Waals surface area contributed by atoms with Crippen molar-refractivity contribution < 1.29 is 19.1 Å². The summed E-state index contributed by atoms with van der Waals surface area (Å²) < 4.78 is 4.96. The first-order chi connectivity index (χ1) is 12.0. The van der Waals surface area contributed by atoms with Crippen LogP contribution in [0.15, 0.2) is 48.5 Å². The number of benzene rings is 2. The highest BCUT2D eigenvalue weighted by Crippen LogP contribution is 2.16. The molecule has 0 heterocycles. The van der Waals surface area contributed by atoms with E-state index in [2.05, 4.69) is 11.2 Å². The van der Waals surface area contributed by atoms with E-state index in [1.165, 1.54) is 6.07 Å². The maximum atomic E-state index is 12.7. The van der Waals surface area contributed by atoms with Crippen LogP contribution in [0.5, 0.6) is 0 Å². The summed E-state index contributed by atoms with van der Waals surface area (Å²) in [4.78, 5) is 36.4. The molecule has 1 amide bonds. The molecule has 1 N–H and O–H groups in total. The summed E-state index contributed by atoms with van der Waals surface area (Å²) in [5.74, 6) is 0.710. The Morgan fingerprint density at radius 2 is 1.68 bits per heavy atom. The van der Waals surface area contributed by atoms with Gasteiger partial charge in [0.25, 0.3) is 5.91 Å². The summed E-state index contributed by atoms with van der Waals surface area (Å²) in [7, 11) is 0. The van der Waals surface area contributed by atoms with E-state index in [0.29, 0.717) is 5.56 Å². The largest absolute Gasteiger partial charge is 0.452 e. The van der Waals surface area contributed by atoms with E-state index in [0.717, 1.165) is 5.56 Å². The fourth-order valence-corrected chi connectivity index (χ4v) is 2.13. The average molecular weight is 335 g/mol. The van der Waals surface area contributed by atoms with E-state index in [1.807, 2.05) is 19.1 Å². The van der Waals surface area contributed by atoms with Crippen molar-refractivity contribution in [2.75, 3.05) is 13.2 Å². The summed E-state index contributed by atoms with van der Waals surface area (Å²) in [5.41, 5.74) is 1.83. The lowest BCUT2D eigenvalue weighted by Gasteiger charge is -2.09. The highest BCUT2D eigenvalue weighted by atomic mass is 16.5. The van der Waals surface area contributed by atoms with Gasteiger partial charge in [0.2, 0.25) is 0 Å². The van der Waals surface area contributed by atoms with Gasteiger partial charge >= 0.3 is 5.97 Å². The summed E-state index contributed by atoms with van der Waals surface area (Å²) in [6.45, 7) is 1.51. The third-order valence-electron chi connectivity index (χ3n) is 3.43. The van der Waals surface area contributed by atoms with Gasteiger partial charge < -0.3 is 10.1 Å². The van der Waals surface area contributed by atoms with Crippen LogP contribution in [0.1, 0.15) is 31.8 Å². The number of hydrogen-bond acceptors (Lipinski definition) is 4. The number of terminal acetylenes is 1. The number of carbonyl (C=O) groups is 3. The molecule has 0 fully saturated rings. The first kappa shape index (κ1) is 18.0. The monoisotopic (exact) mass is 335 g/mol. The van der Waals surface area contributed by atoms with Crippen molar-refractivity contribution in [1.29, 1.82) is 0 Å². The van der Waals surface area contributed by atoms with Crippen LogP contribution in [0.2, 0.25) is 0 Å². The minimum Gasteiger partial charge on any atom is -0.452 e. The number of amides is 1. The highest BCUT2D eigenvalue weighted by molar-refractivity contribution is 6.14. The number of esters is 1. The molecular formula is C20H17NO4. The third kappa shape index (κ3) is 4.79. The van der Waals surface area contributed by atoms with E-state index in [9.17, 15) is 14.4 Å². The van der Waals surface area contributed by atoms with E-state index in [1.54, 1.807) is 30.3 Å². The Bertz CT molecular complexity index is 832. The Balaban J connectivity index is 2.16. The van der Waals surface area contributed by atoms with Crippen molar-refractivity contribution in [3.05, 3.63) is 70.8 Å². The van der Waals surface area contributed by atoms with Crippen LogP contribution < -0.4 is 5.32 Å². The zero-order valence-electron chi connectivity index (χ0n) is 13.7. The predicted octanol–water partition coefficient (Wildman–Crippen LogP) is 2.13. The molecule has 2 aromatic rings. The maximum Gasteiger partial charge on any atom is 0.339 e. The van der Waals surface area contributed by atoms with Gasteiger partial charge in [-0.15, -0.1) is 6.42 Å². The second kappa shape index (κ2) is 8.46. The molecule has 2 aromatic carbocycles. The summed E-state index contributed by atoms with van der Waals surface area (Å²) in [5, 5.41) is 2.39. The zero-order valence-corrected chi connectivity index (χ0v) is 13.7. The van der Waals surface area contributed by atoms with Gasteiger partial charge in [0.05, 0.1) is 12.1 Å². The molecule has 0 aliphatic carbocycles. The SMILES string of the molecule is C#CCNC(=O)COC(=O)c1ccccc1C(=O)c1ccc(C)cc1. The Morgan fingerprint density at radius 3 is 2.32 bits per heavy atom. The van der Waals surface area contributed by atoms with Gasteiger partial charge in [-0.05, 0) is 13.0 Å². The van der Waals surface area contributed by atoms with Gasteiger partial charge in [0, 0.05) is 11.1 Å². The van der Waals surface area contributed by atoms with Gasteiger partial charge in [-0.25, -0.2) is 4.79 Å². The number of rotatable bonds is 6. The van der Waals surface area contributed by atoms with Crippen molar-refractivity contribution in [2.45, 2.75) is 6.92 Å². The lowest BCUT2D eigenvalue weighted by molar-refractivity contribution is -0.123. The molecule has 0 atom stereocenters. The molecule has 0 unspecified atom stereocenters. The lowest BCUT2D eigenvalue weighted by atomic mass is 9.98. The van der Waals surface area contributed by atoms with Crippen LogP contribution in [0, 0.1) is 19.3 Å². The fourth-order valence-electron chi connectivity index (χ4n) is 2.13. The molecule has 5 nitrogen and oxygen atoms in total. The fraction of sp³-hybridized carbons (Fsp3) is 0.150. The first-order valence-corrected chi connectivity index (χ1v) is 7.60. The standard InChI is InChI=1S/C20H17NO4/c1-3-12-21-18(22)13-25-20(24)17-7-5-4-6-16(17)19(23)15-10-8-14(2)9-11-15/h1,4-11H,12-13H2,2H3,(H,21,22). The van der Waals surface area contributed by atoms with Crippen molar-refractivity contribution in [3.8, 4) is 12.3 Å². The Kier molecular flexibility index (Phi) is 6.08. The van der Waals surface area contributed by atoms with Gasteiger partial charge in [0.15, 0.2) is 12.4 Å². The number of nitrogens with one attached hydrogen (secondary N) is 1. The summed E-state index contributed by atoms with van der Waals surface area (Å²) in [6, 6.07) is 13.4. The van der Waals surface area contributed by atoms with Crippen molar-refractivity contribution in [3.63, 3.8) is 0 Å². The molecule has 0 saturated heterocycles. The molecule has 0 aromatic heterocycles. The topological polar surface area (TPSA) is 72.5 Å². The molecule has 0 radical (unpaired) electrons. The molecule has 0 bridgehead atoms. The minimum absolute atomic E-state index is 0.0544. The number of hydrogen-bond donors (Lipinski definition) is 1. The Hall–Kier alpha value is -3.39. The van der Waals surface area contributed by atoms with Crippen LogP contribution in [0.3, 0.4) is 0 Å². The highest BCUT2D eigenvalue weighted by Gasteiger charge is 2.19. The second-order valence-corrected chi connectivity index (χ2v) is 5.30. The van der Waals surface area contributed by atoms with Crippen molar-refractivity contribution in [2.24, 2.45) is 0 Å². The number of carbonyl (C=O) groups excluding carboxylic acids is 3. The van der Waals surface area contributed by atoms with E-state index in [4.69, 9.17) is 11.2 Å². The van der Waals surface area contributed by atoms with Gasteiger partial charge in [-0.2, -0.15) is 0 Å². The van der Waals surface area contributed by atoms with E-state index in [-0.39, 0.29) is 23.5 Å². The molecule has 0 aliphatic heterocycles. The van der Waals surface area contributed by atoms with Crippen LogP contribution in [0.25, 0.3) is 0 Å². The summed E-state index contributed by atoms with van der Waals surface area (Å²) in [6.07, 6.45) is 5.03. The maximum absolute atomic E-state index is 12.7. The second-order valence-electron chi connectivity index (χ2n) is 5.30. The molecule has 0 aliphatic rings. The molecule has 0 saturated carbocycles. The molecule has 0 spiro atoms. The van der Waals surface area contributed by atoms with Crippen LogP contribution >= 0.6 is 0 Å². The third-order valence-corrected chi connectivity index (χ3v) is 3.43. The van der Waals surface area contributed by atoms with Crippen LogP contribution in [0.4, 0.5) is 0 Å². The van der Waals surface area contributed by atoms with Crippen molar-refractivity contribution >= 4 is 17.7 Å². The van der Waals surface area contributed by atoms with Crippen LogP contribution in [-0.4, -0.2) is 30.8 Å². The van der Waals surface area contributed by atoms with Crippen molar-refractivity contribution in [1.82, 2.24) is 5.32 Å². The Morgan fingerprint density at radius 1 is 1.04 bits per heavy atom. The molecule has 2 rings (SSSR count). The zero-order chi connectivity index (χ0) is 18.2. The molecular weight excluding hydrogens is 318 g/mol. The number of ketones is 1. The lowest BCUT2D eigenvalue weighted by Crippen LogP contribution is -2.29. The van der Waals surface area contributed by atoms with Gasteiger partial charge in [0.1, 0.15) is 0 Å². The quantitative estimate of drug-likeness (QED) is 0.499. The molecule has 25 heavy (non-hydrogen) atoms. The Labute approximate surface area is 146 Å². The van der Waals surface area contributed by atoms with E-state index < -0.39 is 18.5 Å². The summed E-state index contributed by atoms with van der Waals surface area (Å²) >= 11 is 0. The predicted molar refractivity (Wildman–Crippen MR) is 93.2 cm³/mol. The normalized spacial score (nSPS) is 9.76. The molecule has 126 valence electrons. The number of aryl methyl sites for hydroxylation is 1. The van der Waals surface area contributed by atoms with E-state index >= 15 is 0 Å². The van der Waals surface area contributed by atoms with Gasteiger partial charge in [-0.1, -0.05) is 53.9 Å². The molecule has 5 heteroatoms. The first-order valence-electron chi connectivity index (χ1n) is 7.60. The minimum atomic E-state index is -0.744. The van der Waals surface area contributed by atoms with Gasteiger partial charge in [-0.3, -0.25) is 9.59 Å².